The molecule has 2 unspecified atom stereocenters. The maximum Gasteiger partial charge on any atom is 0.239 e. The van der Waals surface area contributed by atoms with E-state index in [-0.39, 0.29) is 24.4 Å². The van der Waals surface area contributed by atoms with E-state index in [1.807, 2.05) is 29.2 Å². The molecule has 2 atom stereocenters. The van der Waals surface area contributed by atoms with Crippen molar-refractivity contribution in [2.24, 2.45) is 5.92 Å². The van der Waals surface area contributed by atoms with E-state index >= 15 is 0 Å². The number of hydrogen-bond acceptors (Lipinski definition) is 3. The number of amides is 1. The molecule has 128 valence electrons. The summed E-state index contributed by atoms with van der Waals surface area (Å²) in [5, 5.41) is 4.16. The predicted octanol–water partition coefficient (Wildman–Crippen LogP) is 2.80. The Kier molecular flexibility index (Phi) is 6.57. The normalized spacial score (nSPS) is 25.0. The largest absolute Gasteiger partial charge is 0.367 e. The first-order valence-corrected chi connectivity index (χ1v) is 8.54. The van der Waals surface area contributed by atoms with Crippen LogP contribution in [0.2, 0.25) is 5.02 Å². The van der Waals surface area contributed by atoms with Gasteiger partial charge in [-0.3, -0.25) is 4.79 Å². The summed E-state index contributed by atoms with van der Waals surface area (Å²) in [4.78, 5) is 16.9. The number of anilines is 1. The summed E-state index contributed by atoms with van der Waals surface area (Å²) in [6.07, 6.45) is 2.13. The van der Waals surface area contributed by atoms with Gasteiger partial charge in [-0.2, -0.15) is 0 Å². The minimum absolute atomic E-state index is 0. The fraction of sp³-hybridized carbons (Fsp3) is 0.588. The van der Waals surface area contributed by atoms with E-state index < -0.39 is 0 Å². The minimum atomic E-state index is 0. The number of nitrogens with zero attached hydrogens (tertiary/aromatic N) is 2. The third-order valence-electron chi connectivity index (χ3n) is 4.75. The van der Waals surface area contributed by atoms with Crippen LogP contribution in [0.25, 0.3) is 0 Å². The standard InChI is InChI=1S/C17H24ClN3O.ClH/c1-13-6-7-19-15(12-13)17(22)21-10-8-20(9-11-21)16-5-3-2-4-14(16)18;/h2-5,13,15,19H,6-12H2,1H3;1H. The summed E-state index contributed by atoms with van der Waals surface area (Å²) in [6, 6.07) is 7.93. The van der Waals surface area contributed by atoms with Gasteiger partial charge in [0.1, 0.15) is 0 Å². The van der Waals surface area contributed by atoms with Gasteiger partial charge in [0.2, 0.25) is 5.91 Å². The number of nitrogens with one attached hydrogen (secondary N) is 1. The van der Waals surface area contributed by atoms with Crippen LogP contribution in [0.4, 0.5) is 5.69 Å². The van der Waals surface area contributed by atoms with E-state index in [4.69, 9.17) is 11.6 Å². The van der Waals surface area contributed by atoms with Gasteiger partial charge in [-0.15, -0.1) is 12.4 Å². The molecule has 23 heavy (non-hydrogen) atoms. The number of piperazine rings is 1. The van der Waals surface area contributed by atoms with Crippen LogP contribution < -0.4 is 10.2 Å². The molecule has 0 radical (unpaired) electrons. The molecule has 1 aromatic carbocycles. The van der Waals surface area contributed by atoms with Crippen LogP contribution in [-0.2, 0) is 4.79 Å². The van der Waals surface area contributed by atoms with Gasteiger partial charge in [0.15, 0.2) is 0 Å². The van der Waals surface area contributed by atoms with Crippen molar-refractivity contribution in [2.75, 3.05) is 37.6 Å². The number of piperidine rings is 1. The second kappa shape index (κ2) is 8.22. The molecule has 0 aliphatic carbocycles. The number of para-hydroxylation sites is 1. The molecule has 1 amide bonds. The lowest BCUT2D eigenvalue weighted by Crippen LogP contribution is -2.55. The molecule has 2 aliphatic rings. The van der Waals surface area contributed by atoms with Gasteiger partial charge in [0, 0.05) is 26.2 Å². The number of carbonyl (C=O) groups excluding carboxylic acids is 1. The average molecular weight is 358 g/mol. The first-order chi connectivity index (χ1) is 10.6. The number of halogens is 2. The number of hydrogen-bond donors (Lipinski definition) is 1. The highest BCUT2D eigenvalue weighted by Crippen LogP contribution is 2.26. The van der Waals surface area contributed by atoms with Crippen LogP contribution in [0.5, 0.6) is 0 Å². The van der Waals surface area contributed by atoms with Crippen molar-refractivity contribution in [3.8, 4) is 0 Å². The van der Waals surface area contributed by atoms with Crippen LogP contribution in [0.15, 0.2) is 24.3 Å². The highest BCUT2D eigenvalue weighted by atomic mass is 35.5. The first-order valence-electron chi connectivity index (χ1n) is 8.17. The van der Waals surface area contributed by atoms with Gasteiger partial charge in [-0.25, -0.2) is 0 Å². The van der Waals surface area contributed by atoms with Crippen LogP contribution in [-0.4, -0.2) is 49.6 Å². The molecule has 2 aliphatic heterocycles. The Morgan fingerprint density at radius 3 is 2.57 bits per heavy atom. The monoisotopic (exact) mass is 357 g/mol. The molecule has 6 heteroatoms. The molecule has 0 spiro atoms. The highest BCUT2D eigenvalue weighted by molar-refractivity contribution is 6.33. The topological polar surface area (TPSA) is 35.6 Å². The van der Waals surface area contributed by atoms with Crippen LogP contribution in [0, 0.1) is 5.92 Å². The molecule has 0 aromatic heterocycles. The fourth-order valence-electron chi connectivity index (χ4n) is 3.39. The maximum absolute atomic E-state index is 12.6. The van der Waals surface area contributed by atoms with Crippen molar-refractivity contribution in [1.82, 2.24) is 10.2 Å². The quantitative estimate of drug-likeness (QED) is 0.883. The average Bonchev–Trinajstić information content (AvgIpc) is 2.55. The van der Waals surface area contributed by atoms with Crippen LogP contribution >= 0.6 is 24.0 Å². The van der Waals surface area contributed by atoms with Crippen molar-refractivity contribution in [2.45, 2.75) is 25.8 Å². The Balaban J connectivity index is 0.00000192. The third-order valence-corrected chi connectivity index (χ3v) is 5.07. The molecule has 2 heterocycles. The van der Waals surface area contributed by atoms with E-state index in [2.05, 4.69) is 17.1 Å². The molecular formula is C17H25Cl2N3O. The molecule has 1 N–H and O–H groups in total. The van der Waals surface area contributed by atoms with Crippen molar-refractivity contribution < 1.29 is 4.79 Å². The highest BCUT2D eigenvalue weighted by Gasteiger charge is 2.30. The van der Waals surface area contributed by atoms with Crippen LogP contribution in [0.3, 0.4) is 0 Å². The van der Waals surface area contributed by atoms with E-state index in [1.165, 1.54) is 6.42 Å². The lowest BCUT2D eigenvalue weighted by molar-refractivity contribution is -0.134. The Hall–Kier alpha value is -0.970. The van der Waals surface area contributed by atoms with Crippen molar-refractivity contribution >= 4 is 35.6 Å². The second-order valence-electron chi connectivity index (χ2n) is 6.40. The van der Waals surface area contributed by atoms with Crippen LogP contribution in [0.1, 0.15) is 19.8 Å². The smallest absolute Gasteiger partial charge is 0.239 e. The Morgan fingerprint density at radius 1 is 1.22 bits per heavy atom. The van der Waals surface area contributed by atoms with E-state index in [0.717, 1.165) is 49.9 Å². The molecule has 3 rings (SSSR count). The summed E-state index contributed by atoms with van der Waals surface area (Å²) in [7, 11) is 0. The van der Waals surface area contributed by atoms with E-state index in [0.29, 0.717) is 5.92 Å². The number of benzene rings is 1. The molecule has 0 saturated carbocycles. The summed E-state index contributed by atoms with van der Waals surface area (Å²) < 4.78 is 0. The van der Waals surface area contributed by atoms with Gasteiger partial charge in [0.05, 0.1) is 16.8 Å². The summed E-state index contributed by atoms with van der Waals surface area (Å²) in [5.74, 6) is 0.907. The molecular weight excluding hydrogens is 333 g/mol. The zero-order chi connectivity index (χ0) is 15.5. The lowest BCUT2D eigenvalue weighted by atomic mass is 9.93. The number of rotatable bonds is 2. The first kappa shape index (κ1) is 18.4. The number of carbonyl (C=O) groups is 1. The zero-order valence-electron chi connectivity index (χ0n) is 13.5. The summed E-state index contributed by atoms with van der Waals surface area (Å²) in [6.45, 7) is 6.43. The van der Waals surface area contributed by atoms with E-state index in [1.54, 1.807) is 0 Å². The van der Waals surface area contributed by atoms with Gasteiger partial charge in [-0.05, 0) is 37.4 Å². The van der Waals surface area contributed by atoms with E-state index in [9.17, 15) is 4.79 Å². The van der Waals surface area contributed by atoms with Crippen molar-refractivity contribution in [3.63, 3.8) is 0 Å². The SMILES string of the molecule is CC1CCNC(C(=O)N2CCN(c3ccccc3Cl)CC2)C1.Cl. The Morgan fingerprint density at radius 2 is 1.91 bits per heavy atom. The van der Waals surface area contributed by atoms with Gasteiger partial charge in [-0.1, -0.05) is 30.7 Å². The minimum Gasteiger partial charge on any atom is -0.367 e. The zero-order valence-corrected chi connectivity index (χ0v) is 15.1. The Labute approximate surface area is 149 Å². The molecule has 2 saturated heterocycles. The van der Waals surface area contributed by atoms with Crippen molar-refractivity contribution in [3.05, 3.63) is 29.3 Å². The molecule has 1 aromatic rings. The second-order valence-corrected chi connectivity index (χ2v) is 6.81. The van der Waals surface area contributed by atoms with Gasteiger partial charge >= 0.3 is 0 Å². The third kappa shape index (κ3) is 4.31. The predicted molar refractivity (Wildman–Crippen MR) is 97.7 cm³/mol. The molecule has 2 fully saturated rings. The summed E-state index contributed by atoms with van der Waals surface area (Å²) in [5.41, 5.74) is 1.07. The Bertz CT molecular complexity index is 532. The van der Waals surface area contributed by atoms with Gasteiger partial charge < -0.3 is 15.1 Å². The fourth-order valence-corrected chi connectivity index (χ4v) is 3.65. The lowest BCUT2D eigenvalue weighted by Gasteiger charge is -2.39. The molecule has 4 nitrogen and oxygen atoms in total. The van der Waals surface area contributed by atoms with Crippen molar-refractivity contribution in [1.29, 1.82) is 0 Å². The summed E-state index contributed by atoms with van der Waals surface area (Å²) >= 11 is 6.26. The van der Waals surface area contributed by atoms with Gasteiger partial charge in [0.25, 0.3) is 0 Å². The molecule has 0 bridgehead atoms. The maximum atomic E-state index is 12.6.